The van der Waals surface area contributed by atoms with E-state index in [0.29, 0.717) is 10.8 Å². The molecule has 8 nitrogen and oxygen atoms in total. The highest BCUT2D eigenvalue weighted by Crippen LogP contribution is 2.18. The van der Waals surface area contributed by atoms with E-state index in [-0.39, 0.29) is 16.6 Å². The van der Waals surface area contributed by atoms with Gasteiger partial charge < -0.3 is 9.88 Å². The largest absolute Gasteiger partial charge is 0.325 e. The van der Waals surface area contributed by atoms with Crippen LogP contribution in [0.4, 0.5) is 5.69 Å². The van der Waals surface area contributed by atoms with Gasteiger partial charge in [-0.15, -0.1) is 10.2 Å². The van der Waals surface area contributed by atoms with Crippen molar-refractivity contribution >= 4 is 33.4 Å². The van der Waals surface area contributed by atoms with Gasteiger partial charge in [-0.1, -0.05) is 11.8 Å². The Bertz CT molecular complexity index is 829. The van der Waals surface area contributed by atoms with Gasteiger partial charge in [0.15, 0.2) is 5.16 Å². The molecule has 0 spiro atoms. The molecule has 0 aliphatic heterocycles. The molecule has 0 saturated heterocycles. The van der Waals surface area contributed by atoms with Crippen LogP contribution < -0.4 is 5.32 Å². The third kappa shape index (κ3) is 4.13. The van der Waals surface area contributed by atoms with Crippen LogP contribution >= 0.6 is 11.8 Å². The number of carbonyl (C=O) groups is 1. The highest BCUT2D eigenvalue weighted by atomic mass is 32.2. The second-order valence-corrected chi connectivity index (χ2v) is 8.33. The fourth-order valence-corrected chi connectivity index (χ4v) is 3.42. The van der Waals surface area contributed by atoms with E-state index in [1.807, 2.05) is 14.0 Å². The minimum atomic E-state index is -3.47. The molecule has 2 aromatic rings. The summed E-state index contributed by atoms with van der Waals surface area (Å²) < 4.78 is 26.9. The van der Waals surface area contributed by atoms with Gasteiger partial charge in [-0.05, 0) is 31.2 Å². The number of aromatic nitrogens is 3. The molecular formula is C14H19N5O3S2. The van der Waals surface area contributed by atoms with Crippen molar-refractivity contribution in [1.82, 2.24) is 19.1 Å². The van der Waals surface area contributed by atoms with Crippen LogP contribution in [0, 0.1) is 6.92 Å². The zero-order chi connectivity index (χ0) is 17.9. The molecular weight excluding hydrogens is 350 g/mol. The van der Waals surface area contributed by atoms with Crippen molar-refractivity contribution in [2.45, 2.75) is 17.0 Å². The molecule has 24 heavy (non-hydrogen) atoms. The summed E-state index contributed by atoms with van der Waals surface area (Å²) in [6, 6.07) is 6.05. The topological polar surface area (TPSA) is 97.2 Å². The first-order valence-corrected chi connectivity index (χ1v) is 9.45. The van der Waals surface area contributed by atoms with Crippen LogP contribution in [-0.2, 0) is 21.9 Å². The van der Waals surface area contributed by atoms with Gasteiger partial charge in [0.25, 0.3) is 0 Å². The average molecular weight is 369 g/mol. The van der Waals surface area contributed by atoms with E-state index in [1.54, 1.807) is 16.7 Å². The van der Waals surface area contributed by atoms with Crippen molar-refractivity contribution in [2.75, 3.05) is 25.2 Å². The number of amides is 1. The SMILES string of the molecule is Cc1nnc(SCC(=O)Nc2ccc(S(=O)(=O)N(C)C)cc2)n1C. The van der Waals surface area contributed by atoms with Crippen LogP contribution in [-0.4, -0.2) is 53.2 Å². The average Bonchev–Trinajstić information content (AvgIpc) is 2.85. The number of hydrogen-bond donors (Lipinski definition) is 1. The molecule has 0 aliphatic carbocycles. The molecule has 1 aromatic heterocycles. The summed E-state index contributed by atoms with van der Waals surface area (Å²) in [7, 11) is 1.30. The lowest BCUT2D eigenvalue weighted by Crippen LogP contribution is -2.22. The smallest absolute Gasteiger partial charge is 0.242 e. The summed E-state index contributed by atoms with van der Waals surface area (Å²) in [5.74, 6) is 0.753. The number of anilines is 1. The van der Waals surface area contributed by atoms with E-state index in [2.05, 4.69) is 15.5 Å². The minimum absolute atomic E-state index is 0.175. The molecule has 0 fully saturated rings. The maximum Gasteiger partial charge on any atom is 0.242 e. The van der Waals surface area contributed by atoms with E-state index in [4.69, 9.17) is 0 Å². The number of rotatable bonds is 6. The summed E-state index contributed by atoms with van der Waals surface area (Å²) in [6.45, 7) is 1.83. The quantitative estimate of drug-likeness (QED) is 0.766. The molecule has 1 N–H and O–H groups in total. The summed E-state index contributed by atoms with van der Waals surface area (Å²) in [5.41, 5.74) is 0.535. The molecule has 2 rings (SSSR count). The lowest BCUT2D eigenvalue weighted by molar-refractivity contribution is -0.113. The molecule has 0 unspecified atom stereocenters. The molecule has 1 aromatic carbocycles. The van der Waals surface area contributed by atoms with Crippen molar-refractivity contribution in [1.29, 1.82) is 0 Å². The summed E-state index contributed by atoms with van der Waals surface area (Å²) in [4.78, 5) is 12.2. The van der Waals surface area contributed by atoms with E-state index in [9.17, 15) is 13.2 Å². The fraction of sp³-hybridized carbons (Fsp3) is 0.357. The second-order valence-electron chi connectivity index (χ2n) is 5.24. The number of aryl methyl sites for hydroxylation is 1. The van der Waals surface area contributed by atoms with Crippen LogP contribution in [0.2, 0.25) is 0 Å². The number of nitrogens with zero attached hydrogens (tertiary/aromatic N) is 4. The highest BCUT2D eigenvalue weighted by molar-refractivity contribution is 7.99. The third-order valence-corrected chi connectivity index (χ3v) is 6.15. The fourth-order valence-electron chi connectivity index (χ4n) is 1.76. The van der Waals surface area contributed by atoms with E-state index < -0.39 is 10.0 Å². The Labute approximate surface area is 145 Å². The van der Waals surface area contributed by atoms with Gasteiger partial charge in [-0.2, -0.15) is 0 Å². The van der Waals surface area contributed by atoms with E-state index in [0.717, 1.165) is 10.1 Å². The lowest BCUT2D eigenvalue weighted by atomic mass is 10.3. The van der Waals surface area contributed by atoms with Gasteiger partial charge in [0.2, 0.25) is 15.9 Å². The summed E-state index contributed by atoms with van der Waals surface area (Å²) >= 11 is 1.28. The molecule has 0 bridgehead atoms. The highest BCUT2D eigenvalue weighted by Gasteiger charge is 2.17. The lowest BCUT2D eigenvalue weighted by Gasteiger charge is -2.12. The van der Waals surface area contributed by atoms with Crippen LogP contribution in [0.25, 0.3) is 0 Å². The maximum atomic E-state index is 12.0. The molecule has 0 saturated carbocycles. The van der Waals surface area contributed by atoms with Crippen LogP contribution in [0.15, 0.2) is 34.3 Å². The molecule has 10 heteroatoms. The van der Waals surface area contributed by atoms with Crippen molar-refractivity contribution < 1.29 is 13.2 Å². The van der Waals surface area contributed by atoms with Crippen LogP contribution in [0.3, 0.4) is 0 Å². The van der Waals surface area contributed by atoms with Gasteiger partial charge in [0, 0.05) is 26.8 Å². The second kappa shape index (κ2) is 7.32. The first kappa shape index (κ1) is 18.4. The summed E-state index contributed by atoms with van der Waals surface area (Å²) in [6.07, 6.45) is 0. The minimum Gasteiger partial charge on any atom is -0.325 e. The number of nitrogens with one attached hydrogen (secondary N) is 1. The first-order valence-electron chi connectivity index (χ1n) is 7.03. The Balaban J connectivity index is 1.96. The predicted octanol–water partition coefficient (Wildman–Crippen LogP) is 1.10. The van der Waals surface area contributed by atoms with Gasteiger partial charge in [-0.3, -0.25) is 4.79 Å². The normalized spacial score (nSPS) is 11.7. The molecule has 0 atom stereocenters. The number of sulfonamides is 1. The standard InChI is InChI=1S/C14H19N5O3S2/c1-10-16-17-14(19(10)4)23-9-13(20)15-11-5-7-12(8-6-11)24(21,22)18(2)3/h5-8H,9H2,1-4H3,(H,15,20). The predicted molar refractivity (Wildman–Crippen MR) is 92.4 cm³/mol. The Morgan fingerprint density at radius 1 is 1.25 bits per heavy atom. The monoisotopic (exact) mass is 369 g/mol. The van der Waals surface area contributed by atoms with Gasteiger partial charge in [-0.25, -0.2) is 12.7 Å². The van der Waals surface area contributed by atoms with E-state index in [1.165, 1.54) is 38.0 Å². The zero-order valence-corrected chi connectivity index (χ0v) is 15.5. The number of carbonyl (C=O) groups excluding carboxylic acids is 1. The summed E-state index contributed by atoms with van der Waals surface area (Å²) in [5, 5.41) is 11.3. The van der Waals surface area contributed by atoms with Crippen molar-refractivity contribution in [3.05, 3.63) is 30.1 Å². The molecule has 1 amide bonds. The number of benzene rings is 1. The van der Waals surface area contributed by atoms with Crippen LogP contribution in [0.1, 0.15) is 5.82 Å². The van der Waals surface area contributed by atoms with Crippen molar-refractivity contribution in [2.24, 2.45) is 7.05 Å². The van der Waals surface area contributed by atoms with E-state index >= 15 is 0 Å². The van der Waals surface area contributed by atoms with Gasteiger partial charge >= 0.3 is 0 Å². The van der Waals surface area contributed by atoms with Gasteiger partial charge in [0.1, 0.15) is 5.82 Å². The molecule has 0 aliphatic rings. The Morgan fingerprint density at radius 3 is 2.38 bits per heavy atom. The first-order chi connectivity index (χ1) is 11.2. The Kier molecular flexibility index (Phi) is 5.62. The zero-order valence-electron chi connectivity index (χ0n) is 13.8. The molecule has 130 valence electrons. The number of hydrogen-bond acceptors (Lipinski definition) is 6. The molecule has 1 heterocycles. The Morgan fingerprint density at radius 2 is 1.88 bits per heavy atom. The number of thioether (sulfide) groups is 1. The maximum absolute atomic E-state index is 12.0. The molecule has 0 radical (unpaired) electrons. The van der Waals surface area contributed by atoms with Crippen molar-refractivity contribution in [3.8, 4) is 0 Å². The van der Waals surface area contributed by atoms with Crippen LogP contribution in [0.5, 0.6) is 0 Å². The Hall–Kier alpha value is -1.91. The van der Waals surface area contributed by atoms with Gasteiger partial charge in [0.05, 0.1) is 10.6 Å². The third-order valence-electron chi connectivity index (χ3n) is 3.30. The van der Waals surface area contributed by atoms with Crippen molar-refractivity contribution in [3.63, 3.8) is 0 Å².